The van der Waals surface area contributed by atoms with Gasteiger partial charge in [-0.2, -0.15) is 5.10 Å². The molecule has 21 heavy (non-hydrogen) atoms. The number of carboxylic acids is 1. The molecule has 1 amide bonds. The summed E-state index contributed by atoms with van der Waals surface area (Å²) in [5.74, 6) is -1.09. The summed E-state index contributed by atoms with van der Waals surface area (Å²) < 4.78 is 1.65. The lowest BCUT2D eigenvalue weighted by Gasteiger charge is -2.34. The van der Waals surface area contributed by atoms with Gasteiger partial charge in [0.25, 0.3) is 0 Å². The number of rotatable bonds is 7. The number of amides is 1. The van der Waals surface area contributed by atoms with Gasteiger partial charge in [-0.3, -0.25) is 19.2 Å². The van der Waals surface area contributed by atoms with Crippen LogP contribution in [-0.4, -0.2) is 44.3 Å². The molecule has 1 fully saturated rings. The molecule has 0 radical (unpaired) electrons. The zero-order valence-corrected chi connectivity index (χ0v) is 12.1. The van der Waals surface area contributed by atoms with E-state index in [0.717, 1.165) is 37.9 Å². The van der Waals surface area contributed by atoms with Gasteiger partial charge < -0.3 is 10.8 Å². The first kappa shape index (κ1) is 15.5. The van der Waals surface area contributed by atoms with Gasteiger partial charge in [0.05, 0.1) is 19.2 Å². The second-order valence-corrected chi connectivity index (χ2v) is 5.55. The maximum Gasteiger partial charge on any atom is 0.305 e. The fourth-order valence-corrected chi connectivity index (χ4v) is 2.79. The Morgan fingerprint density at radius 3 is 2.95 bits per heavy atom. The molecule has 1 atom stereocenters. The summed E-state index contributed by atoms with van der Waals surface area (Å²) in [7, 11) is 0. The maximum absolute atomic E-state index is 11.1. The van der Waals surface area contributed by atoms with Crippen LogP contribution >= 0.6 is 0 Å². The highest BCUT2D eigenvalue weighted by Crippen LogP contribution is 2.21. The number of carbonyl (C=O) groups excluding carboxylic acids is 1. The summed E-state index contributed by atoms with van der Waals surface area (Å²) in [6, 6.07) is 0.207. The van der Waals surface area contributed by atoms with Crippen molar-refractivity contribution < 1.29 is 14.7 Å². The van der Waals surface area contributed by atoms with Gasteiger partial charge in [-0.05, 0) is 19.4 Å². The minimum absolute atomic E-state index is 0.0646. The lowest BCUT2D eigenvalue weighted by atomic mass is 9.98. The highest BCUT2D eigenvalue weighted by atomic mass is 16.4. The molecule has 1 saturated heterocycles. The summed E-state index contributed by atoms with van der Waals surface area (Å²) in [4.78, 5) is 24.0. The van der Waals surface area contributed by atoms with Crippen LogP contribution in [0, 0.1) is 0 Å². The van der Waals surface area contributed by atoms with E-state index in [2.05, 4.69) is 10.00 Å². The molecule has 7 heteroatoms. The Hall–Kier alpha value is -1.89. The number of aliphatic carboxylic acids is 1. The van der Waals surface area contributed by atoms with Crippen molar-refractivity contribution >= 4 is 11.9 Å². The molecule has 0 bridgehead atoms. The quantitative estimate of drug-likeness (QED) is 0.766. The molecule has 1 aromatic heterocycles. The molecule has 1 aromatic rings. The van der Waals surface area contributed by atoms with E-state index < -0.39 is 5.97 Å². The van der Waals surface area contributed by atoms with Crippen molar-refractivity contribution in [1.29, 1.82) is 0 Å². The lowest BCUT2D eigenvalue weighted by Crippen LogP contribution is -2.41. The monoisotopic (exact) mass is 294 g/mol. The van der Waals surface area contributed by atoms with Crippen LogP contribution in [-0.2, 0) is 22.7 Å². The third-order valence-electron chi connectivity index (χ3n) is 3.81. The largest absolute Gasteiger partial charge is 0.481 e. The molecule has 2 rings (SSSR count). The molecule has 116 valence electrons. The van der Waals surface area contributed by atoms with Crippen LogP contribution in [0.2, 0.25) is 0 Å². The van der Waals surface area contributed by atoms with Gasteiger partial charge in [-0.25, -0.2) is 0 Å². The summed E-state index contributed by atoms with van der Waals surface area (Å²) in [6.07, 6.45) is 7.35. The van der Waals surface area contributed by atoms with E-state index in [1.54, 1.807) is 10.9 Å². The van der Waals surface area contributed by atoms with Crippen molar-refractivity contribution in [1.82, 2.24) is 14.7 Å². The van der Waals surface area contributed by atoms with Crippen molar-refractivity contribution in [2.75, 3.05) is 6.54 Å². The number of aryl methyl sites for hydroxylation is 1. The molecule has 0 unspecified atom stereocenters. The van der Waals surface area contributed by atoms with Crippen LogP contribution in [0.5, 0.6) is 0 Å². The number of aromatic nitrogens is 2. The third-order valence-corrected chi connectivity index (χ3v) is 3.81. The Balaban J connectivity index is 1.92. The van der Waals surface area contributed by atoms with E-state index in [4.69, 9.17) is 10.8 Å². The Labute approximate surface area is 123 Å². The Morgan fingerprint density at radius 2 is 2.24 bits per heavy atom. The van der Waals surface area contributed by atoms with Crippen LogP contribution in [0.3, 0.4) is 0 Å². The number of likely N-dealkylation sites (tertiary alicyclic amines) is 1. The second-order valence-electron chi connectivity index (χ2n) is 5.55. The predicted molar refractivity (Wildman–Crippen MR) is 76.3 cm³/mol. The number of nitrogens with two attached hydrogens (primary N) is 1. The highest BCUT2D eigenvalue weighted by molar-refractivity contribution is 5.74. The van der Waals surface area contributed by atoms with Crippen LogP contribution in [0.25, 0.3) is 0 Å². The Bertz CT molecular complexity index is 500. The first-order valence-corrected chi connectivity index (χ1v) is 7.30. The van der Waals surface area contributed by atoms with Crippen LogP contribution in [0.15, 0.2) is 12.4 Å². The van der Waals surface area contributed by atoms with E-state index >= 15 is 0 Å². The lowest BCUT2D eigenvalue weighted by molar-refractivity contribution is -0.137. The van der Waals surface area contributed by atoms with E-state index in [9.17, 15) is 9.59 Å². The maximum atomic E-state index is 11.1. The topological polar surface area (TPSA) is 101 Å². The number of hydrogen-bond acceptors (Lipinski definition) is 4. The average Bonchev–Trinajstić information content (AvgIpc) is 2.86. The van der Waals surface area contributed by atoms with E-state index in [1.165, 1.54) is 0 Å². The van der Waals surface area contributed by atoms with E-state index in [-0.39, 0.29) is 18.4 Å². The second kappa shape index (κ2) is 7.21. The number of carbonyl (C=O) groups is 2. The molecule has 0 aromatic carbocycles. The molecule has 1 aliphatic rings. The predicted octanol–water partition coefficient (Wildman–Crippen LogP) is 0.588. The molecule has 2 heterocycles. The van der Waals surface area contributed by atoms with E-state index in [0.29, 0.717) is 13.0 Å². The summed E-state index contributed by atoms with van der Waals surface area (Å²) in [5.41, 5.74) is 6.35. The standard InChI is InChI=1S/C14H22N4O3/c15-13(19)7-12-3-1-2-5-17(12)9-11-8-16-18(10-11)6-4-14(20)21/h8,10,12H,1-7,9H2,(H2,15,19)(H,20,21)/t12-/m0/s1. The molecular weight excluding hydrogens is 272 g/mol. The molecular formula is C14H22N4O3. The smallest absolute Gasteiger partial charge is 0.305 e. The van der Waals surface area contributed by atoms with Gasteiger partial charge in [0.15, 0.2) is 0 Å². The van der Waals surface area contributed by atoms with Crippen molar-refractivity contribution in [2.24, 2.45) is 5.73 Å². The number of nitrogens with zero attached hydrogens (tertiary/aromatic N) is 3. The average molecular weight is 294 g/mol. The molecule has 0 aliphatic carbocycles. The van der Waals surface area contributed by atoms with Gasteiger partial charge in [0, 0.05) is 30.8 Å². The zero-order valence-electron chi connectivity index (χ0n) is 12.1. The minimum Gasteiger partial charge on any atom is -0.481 e. The molecule has 3 N–H and O–H groups in total. The number of carboxylic acid groups (broad SMARTS) is 1. The van der Waals surface area contributed by atoms with Gasteiger partial charge in [-0.1, -0.05) is 6.42 Å². The zero-order chi connectivity index (χ0) is 15.2. The fraction of sp³-hybridized carbons (Fsp3) is 0.643. The van der Waals surface area contributed by atoms with Gasteiger partial charge in [0.2, 0.25) is 5.91 Å². The summed E-state index contributed by atoms with van der Waals surface area (Å²) >= 11 is 0. The van der Waals surface area contributed by atoms with Crippen molar-refractivity contribution in [3.05, 3.63) is 18.0 Å². The van der Waals surface area contributed by atoms with Gasteiger partial charge >= 0.3 is 5.97 Å². The fourth-order valence-electron chi connectivity index (χ4n) is 2.79. The number of primary amides is 1. The molecule has 1 aliphatic heterocycles. The Morgan fingerprint density at radius 1 is 1.43 bits per heavy atom. The SMILES string of the molecule is NC(=O)C[C@@H]1CCCCN1Cc1cnn(CCC(=O)O)c1. The van der Waals surface area contributed by atoms with Crippen molar-refractivity contribution in [2.45, 2.75) is 51.2 Å². The Kier molecular flexibility index (Phi) is 5.32. The first-order valence-electron chi connectivity index (χ1n) is 7.30. The van der Waals surface area contributed by atoms with E-state index in [1.807, 2.05) is 6.20 Å². The number of piperidine rings is 1. The highest BCUT2D eigenvalue weighted by Gasteiger charge is 2.24. The van der Waals surface area contributed by atoms with Gasteiger partial charge in [-0.15, -0.1) is 0 Å². The first-order chi connectivity index (χ1) is 10.0. The van der Waals surface area contributed by atoms with Crippen LogP contribution < -0.4 is 5.73 Å². The molecule has 0 saturated carbocycles. The van der Waals surface area contributed by atoms with Crippen molar-refractivity contribution in [3.63, 3.8) is 0 Å². The van der Waals surface area contributed by atoms with Gasteiger partial charge in [0.1, 0.15) is 0 Å². The van der Waals surface area contributed by atoms with Crippen LogP contribution in [0.1, 0.15) is 37.7 Å². The number of hydrogen-bond donors (Lipinski definition) is 2. The normalized spacial score (nSPS) is 19.5. The minimum atomic E-state index is -0.829. The summed E-state index contributed by atoms with van der Waals surface area (Å²) in [6.45, 7) is 2.06. The van der Waals surface area contributed by atoms with Crippen molar-refractivity contribution in [3.8, 4) is 0 Å². The molecule has 0 spiro atoms. The molecule has 7 nitrogen and oxygen atoms in total. The third kappa shape index (κ3) is 4.86. The van der Waals surface area contributed by atoms with Crippen LogP contribution in [0.4, 0.5) is 0 Å². The summed E-state index contributed by atoms with van der Waals surface area (Å²) in [5, 5.41) is 12.8.